The highest BCUT2D eigenvalue weighted by Crippen LogP contribution is 2.28. The highest BCUT2D eigenvalue weighted by molar-refractivity contribution is 9.10. The molecular weight excluding hydrogens is 587 g/mol. The first-order valence-corrected chi connectivity index (χ1v) is 14.5. The van der Waals surface area contributed by atoms with E-state index < -0.39 is 21.6 Å². The summed E-state index contributed by atoms with van der Waals surface area (Å²) in [7, 11) is -3.47. The van der Waals surface area contributed by atoms with E-state index in [9.17, 15) is 22.7 Å². The van der Waals surface area contributed by atoms with Crippen molar-refractivity contribution < 1.29 is 27.4 Å². The van der Waals surface area contributed by atoms with Crippen molar-refractivity contribution in [3.8, 4) is 5.75 Å². The van der Waals surface area contributed by atoms with E-state index in [4.69, 9.17) is 16.3 Å². The zero-order valence-electron chi connectivity index (χ0n) is 19.9. The minimum absolute atomic E-state index is 0.00323. The van der Waals surface area contributed by atoms with Gasteiger partial charge in [-0.1, -0.05) is 27.5 Å². The maximum atomic E-state index is 14.6. The van der Waals surface area contributed by atoms with Gasteiger partial charge in [0.2, 0.25) is 0 Å². The SMILES string of the molecule is CS(=O)(=O)c1ccc(C(=O)Nc2ccc(F)c(COc3ccc(Br)cc3CN3CC[C@H](O)C3)c2)c(Cl)c1. The second kappa shape index (κ2) is 11.5. The van der Waals surface area contributed by atoms with E-state index >= 15 is 0 Å². The number of likely N-dealkylation sites (tertiary alicyclic amines) is 1. The number of nitrogens with one attached hydrogen (secondary N) is 1. The Bertz CT molecular complexity index is 1440. The Hall–Kier alpha value is -2.50. The number of halogens is 3. The number of benzene rings is 3. The number of sulfone groups is 1. The van der Waals surface area contributed by atoms with E-state index in [0.717, 1.165) is 29.3 Å². The Kier molecular flexibility index (Phi) is 8.55. The number of hydrogen-bond donors (Lipinski definition) is 2. The Labute approximate surface area is 228 Å². The van der Waals surface area contributed by atoms with Crippen LogP contribution in [0.2, 0.25) is 5.02 Å². The van der Waals surface area contributed by atoms with Crippen molar-refractivity contribution in [3.63, 3.8) is 0 Å². The molecular formula is C26H25BrClFN2O5S. The third kappa shape index (κ3) is 7.08. The van der Waals surface area contributed by atoms with Gasteiger partial charge >= 0.3 is 0 Å². The average Bonchev–Trinajstić information content (AvgIpc) is 3.24. The maximum Gasteiger partial charge on any atom is 0.257 e. The van der Waals surface area contributed by atoms with Gasteiger partial charge in [0, 0.05) is 47.2 Å². The minimum atomic E-state index is -3.47. The van der Waals surface area contributed by atoms with Gasteiger partial charge in [0.1, 0.15) is 18.2 Å². The van der Waals surface area contributed by atoms with Gasteiger partial charge in [-0.15, -0.1) is 0 Å². The first-order valence-electron chi connectivity index (χ1n) is 11.4. The predicted octanol–water partition coefficient (Wildman–Crippen LogP) is 5.04. The van der Waals surface area contributed by atoms with Gasteiger partial charge in [-0.3, -0.25) is 9.69 Å². The zero-order valence-corrected chi connectivity index (χ0v) is 23.0. The molecule has 1 aliphatic rings. The van der Waals surface area contributed by atoms with Gasteiger partial charge in [0.25, 0.3) is 5.91 Å². The number of amides is 1. The first-order chi connectivity index (χ1) is 17.5. The van der Waals surface area contributed by atoms with Crippen LogP contribution in [0.1, 0.15) is 27.9 Å². The van der Waals surface area contributed by atoms with Crippen LogP contribution in [0, 0.1) is 5.82 Å². The fourth-order valence-electron chi connectivity index (χ4n) is 4.04. The van der Waals surface area contributed by atoms with Gasteiger partial charge in [0.15, 0.2) is 9.84 Å². The number of carbonyl (C=O) groups excluding carboxylic acids is 1. The first kappa shape index (κ1) is 27.5. The molecule has 1 atom stereocenters. The van der Waals surface area contributed by atoms with Crippen LogP contribution in [0.25, 0.3) is 0 Å². The van der Waals surface area contributed by atoms with E-state index in [1.165, 1.54) is 36.4 Å². The molecule has 1 aliphatic heterocycles. The van der Waals surface area contributed by atoms with Crippen LogP contribution in [0.4, 0.5) is 10.1 Å². The minimum Gasteiger partial charge on any atom is -0.488 e. The van der Waals surface area contributed by atoms with Crippen LogP contribution in [-0.4, -0.2) is 49.8 Å². The molecule has 37 heavy (non-hydrogen) atoms. The quantitative estimate of drug-likeness (QED) is 0.371. The van der Waals surface area contributed by atoms with Crippen LogP contribution in [-0.2, 0) is 23.0 Å². The molecule has 0 bridgehead atoms. The number of rotatable bonds is 8. The summed E-state index contributed by atoms with van der Waals surface area (Å²) in [6, 6.07) is 13.5. The van der Waals surface area contributed by atoms with Crippen molar-refractivity contribution in [2.75, 3.05) is 24.7 Å². The van der Waals surface area contributed by atoms with Crippen molar-refractivity contribution in [2.24, 2.45) is 0 Å². The number of carbonyl (C=O) groups is 1. The molecule has 0 aromatic heterocycles. The lowest BCUT2D eigenvalue weighted by molar-refractivity contribution is 0.102. The second-order valence-corrected chi connectivity index (χ2v) is 12.2. The fourth-order valence-corrected chi connectivity index (χ4v) is 5.42. The van der Waals surface area contributed by atoms with Crippen molar-refractivity contribution in [3.05, 3.63) is 86.6 Å². The summed E-state index contributed by atoms with van der Waals surface area (Å²) >= 11 is 9.61. The third-order valence-electron chi connectivity index (χ3n) is 5.96. The molecule has 196 valence electrons. The molecule has 1 heterocycles. The summed E-state index contributed by atoms with van der Waals surface area (Å²) in [5, 5.41) is 12.5. The van der Waals surface area contributed by atoms with Gasteiger partial charge in [0.05, 0.1) is 21.6 Å². The monoisotopic (exact) mass is 610 g/mol. The Balaban J connectivity index is 1.47. The number of nitrogens with zero attached hydrogens (tertiary/aromatic N) is 1. The number of hydrogen-bond acceptors (Lipinski definition) is 6. The van der Waals surface area contributed by atoms with Crippen LogP contribution >= 0.6 is 27.5 Å². The summed E-state index contributed by atoms with van der Waals surface area (Å²) < 4.78 is 44.8. The van der Waals surface area contributed by atoms with Gasteiger partial charge in [-0.05, 0) is 61.0 Å². The van der Waals surface area contributed by atoms with Crippen molar-refractivity contribution >= 4 is 49.0 Å². The van der Waals surface area contributed by atoms with Crippen LogP contribution in [0.5, 0.6) is 5.75 Å². The molecule has 11 heteroatoms. The molecule has 1 fully saturated rings. The van der Waals surface area contributed by atoms with Crippen molar-refractivity contribution in [1.82, 2.24) is 4.90 Å². The lowest BCUT2D eigenvalue weighted by Gasteiger charge is -2.18. The number of ether oxygens (including phenoxy) is 1. The Morgan fingerprint density at radius 1 is 1.19 bits per heavy atom. The summed E-state index contributed by atoms with van der Waals surface area (Å²) in [4.78, 5) is 14.9. The molecule has 0 unspecified atom stereocenters. The van der Waals surface area contributed by atoms with E-state index in [1.807, 2.05) is 12.1 Å². The molecule has 3 aromatic carbocycles. The predicted molar refractivity (Wildman–Crippen MR) is 143 cm³/mol. The molecule has 0 saturated carbocycles. The molecule has 2 N–H and O–H groups in total. The van der Waals surface area contributed by atoms with E-state index in [1.54, 1.807) is 6.07 Å². The highest BCUT2D eigenvalue weighted by atomic mass is 79.9. The lowest BCUT2D eigenvalue weighted by atomic mass is 10.1. The Morgan fingerprint density at radius 2 is 1.97 bits per heavy atom. The number of aliphatic hydroxyl groups is 1. The standard InChI is InChI=1S/C26H25BrClFN2O5S/c1-37(34,35)21-4-5-22(23(28)12-21)26(33)30-19-3-6-24(29)17(11-19)15-36-25-7-2-18(27)10-16(25)13-31-9-8-20(32)14-31/h2-7,10-12,20,32H,8-9,13-15H2,1H3,(H,30,33)/t20-/m0/s1. The van der Waals surface area contributed by atoms with E-state index in [0.29, 0.717) is 24.5 Å². The smallest absolute Gasteiger partial charge is 0.257 e. The van der Waals surface area contributed by atoms with Crippen LogP contribution in [0.3, 0.4) is 0 Å². The summed E-state index contributed by atoms with van der Waals surface area (Å²) in [5.41, 5.74) is 1.56. The van der Waals surface area contributed by atoms with Crippen LogP contribution in [0.15, 0.2) is 64.0 Å². The summed E-state index contributed by atoms with van der Waals surface area (Å²) in [6.45, 7) is 1.88. The fraction of sp³-hybridized carbons (Fsp3) is 0.269. The van der Waals surface area contributed by atoms with Crippen LogP contribution < -0.4 is 10.1 Å². The zero-order chi connectivity index (χ0) is 26.7. The molecule has 0 aliphatic carbocycles. The summed E-state index contributed by atoms with van der Waals surface area (Å²) in [6.07, 6.45) is 1.44. The van der Waals surface area contributed by atoms with Crippen molar-refractivity contribution in [1.29, 1.82) is 0 Å². The molecule has 0 radical (unpaired) electrons. The number of aliphatic hydroxyl groups excluding tert-OH is 1. The Morgan fingerprint density at radius 3 is 2.65 bits per heavy atom. The highest BCUT2D eigenvalue weighted by Gasteiger charge is 2.22. The second-order valence-electron chi connectivity index (χ2n) is 8.89. The van der Waals surface area contributed by atoms with Crippen molar-refractivity contribution in [2.45, 2.75) is 30.6 Å². The molecule has 1 amide bonds. The van der Waals surface area contributed by atoms with Gasteiger partial charge < -0.3 is 15.2 Å². The molecule has 7 nitrogen and oxygen atoms in total. The number of β-amino-alcohol motifs (C(OH)–C–C–N with tert-alkyl or cyclic N) is 1. The van der Waals surface area contributed by atoms with Gasteiger partial charge in [-0.25, -0.2) is 12.8 Å². The topological polar surface area (TPSA) is 95.9 Å². The molecule has 4 rings (SSSR count). The van der Waals surface area contributed by atoms with E-state index in [2.05, 4.69) is 26.1 Å². The number of anilines is 1. The van der Waals surface area contributed by atoms with E-state index in [-0.39, 0.29) is 33.8 Å². The average molecular weight is 612 g/mol. The largest absolute Gasteiger partial charge is 0.488 e. The maximum absolute atomic E-state index is 14.6. The summed E-state index contributed by atoms with van der Waals surface area (Å²) in [5.74, 6) is -0.461. The third-order valence-corrected chi connectivity index (χ3v) is 7.88. The lowest BCUT2D eigenvalue weighted by Crippen LogP contribution is -2.21. The molecule has 0 spiro atoms. The molecule has 1 saturated heterocycles. The normalized spacial score (nSPS) is 16.1. The van der Waals surface area contributed by atoms with Gasteiger partial charge in [-0.2, -0.15) is 0 Å². The molecule has 3 aromatic rings.